The van der Waals surface area contributed by atoms with E-state index in [1.165, 1.54) is 0 Å². The summed E-state index contributed by atoms with van der Waals surface area (Å²) in [4.78, 5) is 23.7. The number of nitrogens with zero attached hydrogens (tertiary/aromatic N) is 2. The number of amides is 1. The van der Waals surface area contributed by atoms with Gasteiger partial charge in [0.2, 0.25) is 0 Å². The van der Waals surface area contributed by atoms with Crippen molar-refractivity contribution < 1.29 is 14.7 Å². The zero-order valence-electron chi connectivity index (χ0n) is 12.4. The fourth-order valence-electron chi connectivity index (χ4n) is 2.34. The van der Waals surface area contributed by atoms with Gasteiger partial charge < -0.3 is 10.4 Å². The van der Waals surface area contributed by atoms with Crippen LogP contribution in [-0.4, -0.2) is 26.8 Å². The van der Waals surface area contributed by atoms with Crippen LogP contribution in [0.15, 0.2) is 18.2 Å². The van der Waals surface area contributed by atoms with E-state index in [1.807, 2.05) is 0 Å². The first-order chi connectivity index (χ1) is 9.82. The molecule has 2 aromatic rings. The van der Waals surface area contributed by atoms with E-state index < -0.39 is 5.97 Å². The number of aromatic carboxylic acids is 1. The molecule has 0 aliphatic rings. The summed E-state index contributed by atoms with van der Waals surface area (Å²) in [5.41, 5.74) is 2.79. The van der Waals surface area contributed by atoms with E-state index in [4.69, 9.17) is 0 Å². The van der Waals surface area contributed by atoms with Gasteiger partial charge in [-0.05, 0) is 32.4 Å². The Kier molecular flexibility index (Phi) is 3.80. The largest absolute Gasteiger partial charge is 0.478 e. The molecule has 0 aliphatic carbocycles. The Morgan fingerprint density at radius 3 is 2.38 bits per heavy atom. The van der Waals surface area contributed by atoms with Gasteiger partial charge in [-0.3, -0.25) is 9.48 Å². The maximum atomic E-state index is 12.4. The molecule has 1 aromatic heterocycles. The molecule has 6 heteroatoms. The number of carbonyl (C=O) groups excluding carboxylic acids is 1. The highest BCUT2D eigenvalue weighted by Crippen LogP contribution is 2.21. The lowest BCUT2D eigenvalue weighted by molar-refractivity contribution is 0.0697. The van der Waals surface area contributed by atoms with E-state index in [0.29, 0.717) is 16.8 Å². The number of carboxylic acid groups (broad SMARTS) is 1. The van der Waals surface area contributed by atoms with Crippen LogP contribution in [0.1, 0.15) is 37.7 Å². The van der Waals surface area contributed by atoms with E-state index in [1.54, 1.807) is 50.7 Å². The van der Waals surface area contributed by atoms with Crippen LogP contribution in [0.4, 0.5) is 5.69 Å². The highest BCUT2D eigenvalue weighted by atomic mass is 16.4. The molecule has 0 fully saturated rings. The zero-order valence-corrected chi connectivity index (χ0v) is 12.4. The van der Waals surface area contributed by atoms with Gasteiger partial charge in [0, 0.05) is 12.7 Å². The topological polar surface area (TPSA) is 84.2 Å². The van der Waals surface area contributed by atoms with Gasteiger partial charge in [-0.2, -0.15) is 5.10 Å². The van der Waals surface area contributed by atoms with Crippen LogP contribution in [0.25, 0.3) is 0 Å². The quantitative estimate of drug-likeness (QED) is 0.907. The molecule has 0 saturated heterocycles. The third kappa shape index (κ3) is 2.65. The third-order valence-electron chi connectivity index (χ3n) is 3.47. The van der Waals surface area contributed by atoms with Gasteiger partial charge in [-0.25, -0.2) is 4.79 Å². The van der Waals surface area contributed by atoms with Gasteiger partial charge in [0.25, 0.3) is 5.91 Å². The first kappa shape index (κ1) is 14.8. The van der Waals surface area contributed by atoms with Gasteiger partial charge in [0.1, 0.15) is 0 Å². The zero-order chi connectivity index (χ0) is 15.7. The first-order valence-electron chi connectivity index (χ1n) is 6.47. The number of hydrogen-bond acceptors (Lipinski definition) is 3. The molecular formula is C15H17N3O3. The second kappa shape index (κ2) is 5.40. The number of hydrogen-bond donors (Lipinski definition) is 2. The maximum absolute atomic E-state index is 12.4. The van der Waals surface area contributed by atoms with Crippen LogP contribution >= 0.6 is 0 Å². The molecule has 0 aliphatic heterocycles. The Labute approximate surface area is 122 Å². The summed E-state index contributed by atoms with van der Waals surface area (Å²) in [6.45, 7) is 5.24. The summed E-state index contributed by atoms with van der Waals surface area (Å²) in [6.07, 6.45) is 0. The van der Waals surface area contributed by atoms with Crippen LogP contribution < -0.4 is 5.32 Å². The fourth-order valence-corrected chi connectivity index (χ4v) is 2.34. The highest BCUT2D eigenvalue weighted by Gasteiger charge is 2.20. The summed E-state index contributed by atoms with van der Waals surface area (Å²) >= 11 is 0. The van der Waals surface area contributed by atoms with Crippen LogP contribution in [-0.2, 0) is 7.05 Å². The summed E-state index contributed by atoms with van der Waals surface area (Å²) in [5, 5.41) is 16.1. The Balaban J connectivity index is 2.41. The summed E-state index contributed by atoms with van der Waals surface area (Å²) in [5.74, 6) is -1.42. The molecule has 1 heterocycles. The van der Waals surface area contributed by atoms with E-state index in [-0.39, 0.29) is 17.2 Å². The first-order valence-corrected chi connectivity index (χ1v) is 6.47. The normalized spacial score (nSPS) is 10.5. The lowest BCUT2D eigenvalue weighted by Gasteiger charge is -2.10. The van der Waals surface area contributed by atoms with Crippen LogP contribution in [0.5, 0.6) is 0 Å². The van der Waals surface area contributed by atoms with Gasteiger partial charge in [0.15, 0.2) is 0 Å². The molecule has 0 saturated carbocycles. The van der Waals surface area contributed by atoms with E-state index in [0.717, 1.165) is 5.69 Å². The summed E-state index contributed by atoms with van der Waals surface area (Å²) < 4.78 is 1.62. The van der Waals surface area contributed by atoms with Crippen molar-refractivity contribution in [2.75, 3.05) is 5.32 Å². The molecule has 0 spiro atoms. The Bertz CT molecular complexity index is 732. The average molecular weight is 287 g/mol. The smallest absolute Gasteiger partial charge is 0.338 e. The number of rotatable bonds is 3. The molecule has 0 atom stereocenters. The number of aromatic nitrogens is 2. The number of aryl methyl sites for hydroxylation is 3. The van der Waals surface area contributed by atoms with Gasteiger partial charge in [-0.15, -0.1) is 0 Å². The summed E-state index contributed by atoms with van der Waals surface area (Å²) in [6, 6.07) is 4.98. The second-order valence-corrected chi connectivity index (χ2v) is 4.93. The molecule has 0 unspecified atom stereocenters. The molecule has 2 N–H and O–H groups in total. The molecule has 0 bridgehead atoms. The van der Waals surface area contributed by atoms with Gasteiger partial charge in [-0.1, -0.05) is 12.1 Å². The van der Waals surface area contributed by atoms with Crippen molar-refractivity contribution in [3.8, 4) is 0 Å². The number of anilines is 1. The minimum atomic E-state index is -1.07. The Morgan fingerprint density at radius 2 is 1.86 bits per heavy atom. The van der Waals surface area contributed by atoms with Crippen molar-refractivity contribution in [2.45, 2.75) is 20.8 Å². The van der Waals surface area contributed by atoms with Crippen molar-refractivity contribution in [1.29, 1.82) is 0 Å². The highest BCUT2D eigenvalue weighted by molar-refractivity contribution is 6.09. The van der Waals surface area contributed by atoms with E-state index >= 15 is 0 Å². The van der Waals surface area contributed by atoms with Crippen molar-refractivity contribution in [2.24, 2.45) is 7.05 Å². The Morgan fingerprint density at radius 1 is 1.19 bits per heavy atom. The lowest BCUT2D eigenvalue weighted by Crippen LogP contribution is -2.17. The van der Waals surface area contributed by atoms with Crippen molar-refractivity contribution in [1.82, 2.24) is 9.78 Å². The van der Waals surface area contributed by atoms with Crippen LogP contribution in [0.2, 0.25) is 0 Å². The number of benzene rings is 1. The number of carboxylic acids is 1. The second-order valence-electron chi connectivity index (χ2n) is 4.93. The monoisotopic (exact) mass is 287 g/mol. The van der Waals surface area contributed by atoms with Crippen LogP contribution in [0.3, 0.4) is 0 Å². The molecule has 6 nitrogen and oxygen atoms in total. The molecule has 0 radical (unpaired) electrons. The number of carbonyl (C=O) groups is 2. The van der Waals surface area contributed by atoms with Crippen molar-refractivity contribution in [3.05, 3.63) is 46.3 Å². The van der Waals surface area contributed by atoms with Crippen molar-refractivity contribution >= 4 is 17.6 Å². The minimum Gasteiger partial charge on any atom is -0.478 e. The predicted octanol–water partition coefficient (Wildman–Crippen LogP) is 2.30. The molecule has 110 valence electrons. The molecule has 1 aromatic carbocycles. The lowest BCUT2D eigenvalue weighted by atomic mass is 10.1. The average Bonchev–Trinajstić information content (AvgIpc) is 2.62. The van der Waals surface area contributed by atoms with Crippen LogP contribution in [0, 0.1) is 20.8 Å². The molecule has 1 amide bonds. The summed E-state index contributed by atoms with van der Waals surface area (Å²) in [7, 11) is 1.76. The molecule has 2 rings (SSSR count). The van der Waals surface area contributed by atoms with Gasteiger partial charge >= 0.3 is 5.97 Å². The van der Waals surface area contributed by atoms with E-state index in [2.05, 4.69) is 10.4 Å². The molecular weight excluding hydrogens is 270 g/mol. The fraction of sp³-hybridized carbons (Fsp3) is 0.267. The maximum Gasteiger partial charge on any atom is 0.338 e. The number of nitrogens with one attached hydrogen (secondary N) is 1. The minimum absolute atomic E-state index is 0.102. The third-order valence-corrected chi connectivity index (χ3v) is 3.47. The van der Waals surface area contributed by atoms with Gasteiger partial charge in [0.05, 0.1) is 22.5 Å². The predicted molar refractivity (Wildman–Crippen MR) is 78.8 cm³/mol. The molecule has 21 heavy (non-hydrogen) atoms. The van der Waals surface area contributed by atoms with E-state index in [9.17, 15) is 14.7 Å². The Hall–Kier alpha value is -2.63. The van der Waals surface area contributed by atoms with Crippen molar-refractivity contribution in [3.63, 3.8) is 0 Å². The SMILES string of the molecule is Cc1cccc(NC(=O)c2c(C)nn(C)c2C)c1C(=O)O. The standard InChI is InChI=1S/C15H17N3O3/c1-8-6-5-7-11(12(8)15(20)21)16-14(19)13-9(2)17-18(4)10(13)3/h5-7H,1-4H3,(H,16,19)(H,20,21).